The van der Waals surface area contributed by atoms with Crippen LogP contribution in [-0.4, -0.2) is 18.5 Å². The zero-order valence-electron chi connectivity index (χ0n) is 11.0. The lowest BCUT2D eigenvalue weighted by atomic mass is 10.1. The van der Waals surface area contributed by atoms with Gasteiger partial charge in [0.25, 0.3) is 0 Å². The number of carbonyl (C=O) groups is 1. The van der Waals surface area contributed by atoms with Crippen molar-refractivity contribution in [2.45, 2.75) is 12.5 Å². The predicted octanol–water partition coefficient (Wildman–Crippen LogP) is 4.05. The lowest BCUT2D eigenvalue weighted by Gasteiger charge is -2.25. The van der Waals surface area contributed by atoms with Crippen LogP contribution < -0.4 is 9.47 Å². The van der Waals surface area contributed by atoms with E-state index in [1.807, 2.05) is 30.3 Å². The number of hydrogen-bond acceptors (Lipinski definition) is 3. The smallest absolute Gasteiger partial charge is 0.191 e. The van der Waals surface area contributed by atoms with Crippen molar-refractivity contribution in [3.05, 3.63) is 57.5 Å². The number of rotatable bonds is 3. The molecule has 0 radical (unpaired) electrons. The van der Waals surface area contributed by atoms with Crippen LogP contribution in [0.25, 0.3) is 0 Å². The second-order valence-electron chi connectivity index (χ2n) is 4.74. The van der Waals surface area contributed by atoms with Crippen LogP contribution in [0.4, 0.5) is 0 Å². The summed E-state index contributed by atoms with van der Waals surface area (Å²) in [5.74, 6) is 1.22. The quantitative estimate of drug-likeness (QED) is 0.821. The minimum atomic E-state index is -0.598. The molecule has 0 fully saturated rings. The zero-order valence-corrected chi connectivity index (χ0v) is 13.4. The maximum absolute atomic E-state index is 12.3. The van der Waals surface area contributed by atoms with E-state index < -0.39 is 6.10 Å². The Bertz CT molecular complexity index is 687. The van der Waals surface area contributed by atoms with Crippen molar-refractivity contribution in [3.8, 4) is 11.5 Å². The first kappa shape index (κ1) is 14.4. The van der Waals surface area contributed by atoms with Gasteiger partial charge >= 0.3 is 0 Å². The molecule has 0 saturated heterocycles. The highest BCUT2D eigenvalue weighted by molar-refractivity contribution is 9.10. The van der Waals surface area contributed by atoms with Gasteiger partial charge in [0, 0.05) is 15.9 Å². The maximum atomic E-state index is 12.3. The molecule has 1 unspecified atom stereocenters. The first-order valence-corrected chi connectivity index (χ1v) is 7.66. The summed E-state index contributed by atoms with van der Waals surface area (Å²) in [4.78, 5) is 12.3. The van der Waals surface area contributed by atoms with Crippen molar-refractivity contribution in [2.24, 2.45) is 0 Å². The maximum Gasteiger partial charge on any atom is 0.191 e. The van der Waals surface area contributed by atoms with Crippen molar-refractivity contribution in [1.29, 1.82) is 0 Å². The van der Waals surface area contributed by atoms with Gasteiger partial charge in [-0.05, 0) is 29.8 Å². The van der Waals surface area contributed by atoms with Gasteiger partial charge in [0.05, 0.1) is 0 Å². The third-order valence-electron chi connectivity index (χ3n) is 3.25. The SMILES string of the molecule is O=C(Cc1ccc(Br)cc1Cl)C1COc2ccccc2O1. The summed E-state index contributed by atoms with van der Waals surface area (Å²) in [6.45, 7) is 0.226. The topological polar surface area (TPSA) is 35.5 Å². The molecule has 0 bridgehead atoms. The van der Waals surface area contributed by atoms with Crippen molar-refractivity contribution in [3.63, 3.8) is 0 Å². The molecule has 2 aromatic rings. The van der Waals surface area contributed by atoms with Crippen molar-refractivity contribution >= 4 is 33.3 Å². The number of hydrogen-bond donors (Lipinski definition) is 0. The number of Topliss-reactive ketones (excluding diaryl/α,β-unsaturated/α-hetero) is 1. The summed E-state index contributed by atoms with van der Waals surface area (Å²) in [5.41, 5.74) is 0.785. The summed E-state index contributed by atoms with van der Waals surface area (Å²) in [6, 6.07) is 12.8. The Morgan fingerprint density at radius 2 is 2.00 bits per heavy atom. The number of carbonyl (C=O) groups excluding carboxylic acids is 1. The van der Waals surface area contributed by atoms with E-state index in [1.165, 1.54) is 0 Å². The fourth-order valence-corrected chi connectivity index (χ4v) is 2.89. The Kier molecular flexibility index (Phi) is 4.17. The average molecular weight is 368 g/mol. The molecule has 0 amide bonds. The van der Waals surface area contributed by atoms with E-state index in [2.05, 4.69) is 15.9 Å². The monoisotopic (exact) mass is 366 g/mol. The number of fused-ring (bicyclic) bond motifs is 1. The van der Waals surface area contributed by atoms with Gasteiger partial charge in [-0.3, -0.25) is 4.79 Å². The largest absolute Gasteiger partial charge is 0.485 e. The number of para-hydroxylation sites is 2. The fraction of sp³-hybridized carbons (Fsp3) is 0.188. The molecule has 1 aliphatic rings. The zero-order chi connectivity index (χ0) is 14.8. The van der Waals surface area contributed by atoms with Crippen molar-refractivity contribution < 1.29 is 14.3 Å². The van der Waals surface area contributed by atoms with Gasteiger partial charge in [0.15, 0.2) is 23.4 Å². The Hall–Kier alpha value is -1.52. The first-order chi connectivity index (χ1) is 10.1. The Labute approximate surface area is 136 Å². The summed E-state index contributed by atoms with van der Waals surface area (Å²) < 4.78 is 12.1. The number of benzene rings is 2. The van der Waals surface area contributed by atoms with E-state index in [0.717, 1.165) is 10.0 Å². The molecule has 0 saturated carbocycles. The van der Waals surface area contributed by atoms with E-state index in [9.17, 15) is 4.79 Å². The normalized spacial score (nSPS) is 16.6. The minimum Gasteiger partial charge on any atom is -0.485 e. The molecule has 1 heterocycles. The molecule has 3 nitrogen and oxygen atoms in total. The standard InChI is InChI=1S/C16H12BrClO3/c17-11-6-5-10(12(18)8-11)7-13(19)16-9-20-14-3-1-2-4-15(14)21-16/h1-6,8,16H,7,9H2. The third kappa shape index (κ3) is 3.22. The van der Waals surface area contributed by atoms with Crippen molar-refractivity contribution in [1.82, 2.24) is 0 Å². The highest BCUT2D eigenvalue weighted by atomic mass is 79.9. The molecule has 21 heavy (non-hydrogen) atoms. The highest BCUT2D eigenvalue weighted by Gasteiger charge is 2.27. The molecular weight excluding hydrogens is 356 g/mol. The summed E-state index contributed by atoms with van der Waals surface area (Å²) in [7, 11) is 0. The molecule has 108 valence electrons. The summed E-state index contributed by atoms with van der Waals surface area (Å²) in [5, 5.41) is 0.565. The lowest BCUT2D eigenvalue weighted by Crippen LogP contribution is -2.37. The third-order valence-corrected chi connectivity index (χ3v) is 4.09. The van der Waals surface area contributed by atoms with Gasteiger partial charge in [-0.25, -0.2) is 0 Å². The van der Waals surface area contributed by atoms with Gasteiger partial charge in [0.1, 0.15) is 6.61 Å². The average Bonchev–Trinajstić information content (AvgIpc) is 2.49. The van der Waals surface area contributed by atoms with Crippen LogP contribution in [0.1, 0.15) is 5.56 Å². The van der Waals surface area contributed by atoms with Crippen LogP contribution in [0.5, 0.6) is 11.5 Å². The second kappa shape index (κ2) is 6.08. The molecule has 0 aromatic heterocycles. The van der Waals surface area contributed by atoms with E-state index in [1.54, 1.807) is 12.1 Å². The molecular formula is C16H12BrClO3. The summed E-state index contributed by atoms with van der Waals surface area (Å²) in [6.07, 6.45) is -0.373. The van der Waals surface area contributed by atoms with Crippen LogP contribution in [0, 0.1) is 0 Å². The van der Waals surface area contributed by atoms with Crippen LogP contribution in [0.3, 0.4) is 0 Å². The van der Waals surface area contributed by atoms with Gasteiger partial charge in [-0.2, -0.15) is 0 Å². The van der Waals surface area contributed by atoms with E-state index in [4.69, 9.17) is 21.1 Å². The molecule has 0 spiro atoms. The number of ketones is 1. The van der Waals surface area contributed by atoms with E-state index in [-0.39, 0.29) is 18.8 Å². The summed E-state index contributed by atoms with van der Waals surface area (Å²) >= 11 is 9.48. The second-order valence-corrected chi connectivity index (χ2v) is 6.07. The van der Waals surface area contributed by atoms with Crippen molar-refractivity contribution in [2.75, 3.05) is 6.61 Å². The molecule has 0 aliphatic carbocycles. The molecule has 1 atom stereocenters. The van der Waals surface area contributed by atoms with Crippen LogP contribution >= 0.6 is 27.5 Å². The molecule has 0 N–H and O–H groups in total. The van der Waals surface area contributed by atoms with Gasteiger partial charge in [-0.1, -0.05) is 45.7 Å². The van der Waals surface area contributed by atoms with E-state index >= 15 is 0 Å². The van der Waals surface area contributed by atoms with Crippen LogP contribution in [0.15, 0.2) is 46.9 Å². The Morgan fingerprint density at radius 1 is 1.24 bits per heavy atom. The van der Waals surface area contributed by atoms with Gasteiger partial charge in [0.2, 0.25) is 0 Å². The predicted molar refractivity (Wildman–Crippen MR) is 84.2 cm³/mol. The number of ether oxygens (including phenoxy) is 2. The molecule has 2 aromatic carbocycles. The molecule has 5 heteroatoms. The number of halogens is 2. The van der Waals surface area contributed by atoms with Gasteiger partial charge < -0.3 is 9.47 Å². The Balaban J connectivity index is 1.72. The highest BCUT2D eigenvalue weighted by Crippen LogP contribution is 2.31. The fourth-order valence-electron chi connectivity index (χ4n) is 2.14. The van der Waals surface area contributed by atoms with Crippen LogP contribution in [0.2, 0.25) is 5.02 Å². The van der Waals surface area contributed by atoms with Crippen LogP contribution in [-0.2, 0) is 11.2 Å². The Morgan fingerprint density at radius 3 is 2.76 bits per heavy atom. The molecule has 3 rings (SSSR count). The first-order valence-electron chi connectivity index (χ1n) is 6.48. The minimum absolute atomic E-state index is 0.0475. The van der Waals surface area contributed by atoms with E-state index in [0.29, 0.717) is 16.5 Å². The van der Waals surface area contributed by atoms with Gasteiger partial charge in [-0.15, -0.1) is 0 Å². The molecule has 1 aliphatic heterocycles. The lowest BCUT2D eigenvalue weighted by molar-refractivity contribution is -0.127.